The first-order valence-corrected chi connectivity index (χ1v) is 10.9. The molecule has 144 valence electrons. The Morgan fingerprint density at radius 1 is 1.00 bits per heavy atom. The Morgan fingerprint density at radius 3 is 2.41 bits per heavy atom. The Morgan fingerprint density at radius 2 is 1.69 bits per heavy atom. The molecule has 0 saturated carbocycles. The van der Waals surface area contributed by atoms with Gasteiger partial charge in [0.25, 0.3) is 5.91 Å². The van der Waals surface area contributed by atoms with Gasteiger partial charge in [0.2, 0.25) is 0 Å². The van der Waals surface area contributed by atoms with Crippen molar-refractivity contribution in [2.75, 3.05) is 4.90 Å². The van der Waals surface area contributed by atoms with Crippen molar-refractivity contribution < 1.29 is 9.53 Å². The number of carbonyl (C=O) groups is 1. The van der Waals surface area contributed by atoms with Crippen molar-refractivity contribution in [2.24, 2.45) is 0 Å². The highest BCUT2D eigenvalue weighted by Gasteiger charge is 2.33. The van der Waals surface area contributed by atoms with E-state index in [1.165, 1.54) is 11.8 Å². The molecule has 29 heavy (non-hydrogen) atoms. The molecule has 1 amide bonds. The van der Waals surface area contributed by atoms with E-state index in [1.807, 2.05) is 84.9 Å². The first-order valence-electron chi connectivity index (χ1n) is 8.91. The predicted molar refractivity (Wildman–Crippen MR) is 127 cm³/mol. The van der Waals surface area contributed by atoms with Crippen LogP contribution >= 0.6 is 39.9 Å². The molecule has 3 aromatic carbocycles. The van der Waals surface area contributed by atoms with Crippen LogP contribution in [-0.4, -0.2) is 10.2 Å². The minimum atomic E-state index is -0.125. The molecule has 1 aliphatic heterocycles. The second-order valence-electron chi connectivity index (χ2n) is 6.31. The van der Waals surface area contributed by atoms with E-state index in [2.05, 4.69) is 15.9 Å². The molecule has 4 rings (SSSR count). The van der Waals surface area contributed by atoms with Crippen LogP contribution in [0.25, 0.3) is 6.08 Å². The zero-order valence-electron chi connectivity index (χ0n) is 15.2. The molecule has 0 radical (unpaired) electrons. The van der Waals surface area contributed by atoms with Crippen LogP contribution in [0.4, 0.5) is 5.69 Å². The van der Waals surface area contributed by atoms with Crippen LogP contribution in [0, 0.1) is 0 Å². The molecule has 1 fully saturated rings. The summed E-state index contributed by atoms with van der Waals surface area (Å²) < 4.78 is 7.46. The molecule has 0 unspecified atom stereocenters. The zero-order chi connectivity index (χ0) is 20.2. The van der Waals surface area contributed by atoms with Crippen molar-refractivity contribution in [3.05, 3.63) is 99.4 Å². The number of benzene rings is 3. The molecule has 0 aromatic heterocycles. The summed E-state index contributed by atoms with van der Waals surface area (Å²) in [5, 5.41) is 0. The lowest BCUT2D eigenvalue weighted by molar-refractivity contribution is -0.113. The number of halogens is 1. The number of amides is 1. The number of para-hydroxylation sites is 1. The van der Waals surface area contributed by atoms with Crippen LogP contribution in [0.2, 0.25) is 0 Å². The Labute approximate surface area is 187 Å². The van der Waals surface area contributed by atoms with Gasteiger partial charge in [0.05, 0.1) is 10.6 Å². The summed E-state index contributed by atoms with van der Waals surface area (Å²) in [6.07, 6.45) is 1.84. The normalized spacial score (nSPS) is 15.2. The largest absolute Gasteiger partial charge is 0.488 e. The Bertz CT molecular complexity index is 1080. The number of nitrogens with zero attached hydrogens (tertiary/aromatic N) is 1. The van der Waals surface area contributed by atoms with Crippen LogP contribution in [0.3, 0.4) is 0 Å². The average Bonchev–Trinajstić information content (AvgIpc) is 3.02. The SMILES string of the molecule is O=C1/C(=C\c2cc(Br)ccc2OCc2ccccc2)SC(=S)N1c1ccccc1. The van der Waals surface area contributed by atoms with Gasteiger partial charge in [-0.05, 0) is 42.0 Å². The molecular weight excluding hydrogens is 466 g/mol. The molecular formula is C23H16BrNO2S2. The van der Waals surface area contributed by atoms with Crippen molar-refractivity contribution in [1.29, 1.82) is 0 Å². The number of ether oxygens (including phenoxy) is 1. The minimum absolute atomic E-state index is 0.125. The fourth-order valence-corrected chi connectivity index (χ4v) is 4.58. The van der Waals surface area contributed by atoms with Crippen molar-refractivity contribution in [2.45, 2.75) is 6.61 Å². The standard InChI is InChI=1S/C23H16BrNO2S2/c24-18-11-12-20(27-15-16-7-3-1-4-8-16)17(13-18)14-21-22(26)25(23(28)29-21)19-9-5-2-6-10-19/h1-14H,15H2/b21-14+. The van der Waals surface area contributed by atoms with Gasteiger partial charge in [-0.1, -0.05) is 88.4 Å². The lowest BCUT2D eigenvalue weighted by Gasteiger charge is -2.14. The molecule has 0 aliphatic carbocycles. The van der Waals surface area contributed by atoms with E-state index < -0.39 is 0 Å². The smallest absolute Gasteiger partial charge is 0.270 e. The van der Waals surface area contributed by atoms with Gasteiger partial charge < -0.3 is 4.74 Å². The van der Waals surface area contributed by atoms with Gasteiger partial charge in [0.15, 0.2) is 4.32 Å². The lowest BCUT2D eigenvalue weighted by atomic mass is 10.1. The predicted octanol–water partition coefficient (Wildman–Crippen LogP) is 6.43. The van der Waals surface area contributed by atoms with E-state index in [-0.39, 0.29) is 5.91 Å². The number of hydrogen-bond donors (Lipinski definition) is 0. The molecule has 0 N–H and O–H groups in total. The third-order valence-corrected chi connectivity index (χ3v) is 6.10. The van der Waals surface area contributed by atoms with Crippen molar-refractivity contribution in [1.82, 2.24) is 0 Å². The number of thiocarbonyl (C=S) groups is 1. The van der Waals surface area contributed by atoms with Gasteiger partial charge in [-0.15, -0.1) is 0 Å². The fourth-order valence-electron chi connectivity index (χ4n) is 2.91. The maximum atomic E-state index is 13.0. The fraction of sp³-hybridized carbons (Fsp3) is 0.0435. The molecule has 0 atom stereocenters. The quantitative estimate of drug-likeness (QED) is 0.310. The average molecular weight is 482 g/mol. The topological polar surface area (TPSA) is 29.5 Å². The van der Waals surface area contributed by atoms with E-state index in [1.54, 1.807) is 4.90 Å². The number of hydrogen-bond acceptors (Lipinski definition) is 4. The van der Waals surface area contributed by atoms with Gasteiger partial charge in [-0.3, -0.25) is 9.69 Å². The maximum absolute atomic E-state index is 13.0. The number of anilines is 1. The second-order valence-corrected chi connectivity index (χ2v) is 8.90. The van der Waals surface area contributed by atoms with Gasteiger partial charge in [0.1, 0.15) is 12.4 Å². The van der Waals surface area contributed by atoms with Crippen molar-refractivity contribution >= 4 is 61.9 Å². The first kappa shape index (κ1) is 19.9. The Kier molecular flexibility index (Phi) is 6.13. The van der Waals surface area contributed by atoms with Crippen LogP contribution in [0.5, 0.6) is 5.75 Å². The third-order valence-electron chi connectivity index (χ3n) is 4.30. The van der Waals surface area contributed by atoms with Gasteiger partial charge in [0, 0.05) is 10.0 Å². The summed E-state index contributed by atoms with van der Waals surface area (Å²) in [6.45, 7) is 0.453. The zero-order valence-corrected chi connectivity index (χ0v) is 18.5. The van der Waals surface area contributed by atoms with Crippen LogP contribution in [-0.2, 0) is 11.4 Å². The van der Waals surface area contributed by atoms with E-state index in [0.29, 0.717) is 21.6 Å². The van der Waals surface area contributed by atoms with E-state index in [9.17, 15) is 4.79 Å². The van der Waals surface area contributed by atoms with Crippen molar-refractivity contribution in [3.63, 3.8) is 0 Å². The van der Waals surface area contributed by atoms with Gasteiger partial charge in [-0.2, -0.15) is 0 Å². The Hall–Kier alpha value is -2.41. The Balaban J connectivity index is 1.61. The van der Waals surface area contributed by atoms with E-state index in [0.717, 1.165) is 21.3 Å². The summed E-state index contributed by atoms with van der Waals surface area (Å²) in [5.74, 6) is 0.585. The van der Waals surface area contributed by atoms with E-state index >= 15 is 0 Å². The first-order chi connectivity index (χ1) is 14.1. The molecule has 0 spiro atoms. The molecule has 3 nitrogen and oxygen atoms in total. The van der Waals surface area contributed by atoms with Gasteiger partial charge >= 0.3 is 0 Å². The number of carbonyl (C=O) groups excluding carboxylic acids is 1. The summed E-state index contributed by atoms with van der Waals surface area (Å²) in [7, 11) is 0. The highest BCUT2D eigenvalue weighted by molar-refractivity contribution is 9.10. The van der Waals surface area contributed by atoms with Crippen LogP contribution in [0.1, 0.15) is 11.1 Å². The highest BCUT2D eigenvalue weighted by atomic mass is 79.9. The third kappa shape index (κ3) is 4.61. The summed E-state index contributed by atoms with van der Waals surface area (Å²) in [4.78, 5) is 15.1. The highest BCUT2D eigenvalue weighted by Crippen LogP contribution is 2.37. The number of rotatable bonds is 5. The summed E-state index contributed by atoms with van der Waals surface area (Å²) >= 11 is 10.3. The summed E-state index contributed by atoms with van der Waals surface area (Å²) in [6, 6.07) is 25.2. The molecule has 0 bridgehead atoms. The molecule has 3 aromatic rings. The number of thioether (sulfide) groups is 1. The van der Waals surface area contributed by atoms with Crippen LogP contribution in [0.15, 0.2) is 88.2 Å². The van der Waals surface area contributed by atoms with Gasteiger partial charge in [-0.25, -0.2) is 0 Å². The van der Waals surface area contributed by atoms with Crippen molar-refractivity contribution in [3.8, 4) is 5.75 Å². The molecule has 1 heterocycles. The molecule has 1 saturated heterocycles. The second kappa shape index (κ2) is 8.95. The molecule has 1 aliphatic rings. The minimum Gasteiger partial charge on any atom is -0.488 e. The molecule has 6 heteroatoms. The van der Waals surface area contributed by atoms with Crippen LogP contribution < -0.4 is 9.64 Å². The lowest BCUT2D eigenvalue weighted by Crippen LogP contribution is -2.27. The van der Waals surface area contributed by atoms with E-state index in [4.69, 9.17) is 17.0 Å². The maximum Gasteiger partial charge on any atom is 0.270 e. The monoisotopic (exact) mass is 481 g/mol. The summed E-state index contributed by atoms with van der Waals surface area (Å²) in [5.41, 5.74) is 2.67.